The van der Waals surface area contributed by atoms with Crippen LogP contribution < -0.4 is 10.6 Å². The number of nitrogens with one attached hydrogen (secondary N) is 2. The molecule has 0 spiro atoms. The SMILES string of the molecule is CC[C@@](C)(CNc1cc(-c2cnc(CC3CCN(CC(F)F)CC3)nc2)ncn1)c1cccc2c(C(=O)NC)ccnc12. The first-order valence-electron chi connectivity index (χ1n) is 14.8. The van der Waals surface area contributed by atoms with E-state index in [-0.39, 0.29) is 17.9 Å². The summed E-state index contributed by atoms with van der Waals surface area (Å²) in [5.41, 5.74) is 3.69. The maximum atomic E-state index is 12.7. The van der Waals surface area contributed by atoms with Crippen molar-refractivity contribution in [3.63, 3.8) is 0 Å². The first-order valence-corrected chi connectivity index (χ1v) is 14.8. The van der Waals surface area contributed by atoms with Crippen LogP contribution in [0.4, 0.5) is 14.6 Å². The minimum Gasteiger partial charge on any atom is -0.369 e. The molecule has 0 aliphatic carbocycles. The van der Waals surface area contributed by atoms with Crippen LogP contribution in [0.25, 0.3) is 22.2 Å². The lowest BCUT2D eigenvalue weighted by molar-refractivity contribution is 0.0688. The van der Waals surface area contributed by atoms with Crippen LogP contribution in [-0.4, -0.2) is 75.4 Å². The highest BCUT2D eigenvalue weighted by Gasteiger charge is 2.28. The summed E-state index contributed by atoms with van der Waals surface area (Å²) in [6.45, 7) is 6.15. The van der Waals surface area contributed by atoms with Crippen molar-refractivity contribution in [3.05, 3.63) is 72.2 Å². The zero-order chi connectivity index (χ0) is 30.4. The van der Waals surface area contributed by atoms with Crippen LogP contribution in [0.5, 0.6) is 0 Å². The zero-order valence-electron chi connectivity index (χ0n) is 24.9. The molecule has 4 aromatic rings. The maximum Gasteiger partial charge on any atom is 0.251 e. The Morgan fingerprint density at radius 2 is 1.86 bits per heavy atom. The number of likely N-dealkylation sites (tertiary alicyclic amines) is 1. The molecule has 4 heterocycles. The Morgan fingerprint density at radius 1 is 1.09 bits per heavy atom. The monoisotopic (exact) mass is 588 g/mol. The lowest BCUT2D eigenvalue weighted by Gasteiger charge is -2.31. The number of halogens is 2. The topological polar surface area (TPSA) is 109 Å². The summed E-state index contributed by atoms with van der Waals surface area (Å²) in [6, 6.07) is 9.61. The summed E-state index contributed by atoms with van der Waals surface area (Å²) in [5.74, 6) is 1.70. The summed E-state index contributed by atoms with van der Waals surface area (Å²) in [7, 11) is 1.63. The van der Waals surface area contributed by atoms with Gasteiger partial charge in [0.1, 0.15) is 18.0 Å². The molecular formula is C32H38F2N8O. The number of carbonyl (C=O) groups is 1. The third-order valence-corrected chi connectivity index (χ3v) is 8.58. The summed E-state index contributed by atoms with van der Waals surface area (Å²) in [5, 5.41) is 7.03. The van der Waals surface area contributed by atoms with Gasteiger partial charge in [-0.25, -0.2) is 28.7 Å². The molecular weight excluding hydrogens is 550 g/mol. The van der Waals surface area contributed by atoms with Gasteiger partial charge in [-0.05, 0) is 49.9 Å². The Hall–Kier alpha value is -4.12. The van der Waals surface area contributed by atoms with Crippen LogP contribution in [0.15, 0.2) is 55.2 Å². The molecule has 1 amide bonds. The lowest BCUT2D eigenvalue weighted by atomic mass is 9.78. The minimum atomic E-state index is -2.28. The first kappa shape index (κ1) is 30.3. The number of piperidine rings is 1. The summed E-state index contributed by atoms with van der Waals surface area (Å²) >= 11 is 0. The van der Waals surface area contributed by atoms with E-state index in [1.165, 1.54) is 6.33 Å². The standard InChI is InChI=1S/C32H38F2N8O/c1-4-32(2,25-7-5-6-23-24(31(43)35-3)8-11-36-30(23)25)19-39-29-15-26(40-20-41-29)22-16-37-28(38-17-22)14-21-9-12-42(13-10-21)18-27(33)34/h5-8,11,15-17,20-21,27H,4,9-10,12-14,18-19H2,1-3H3,(H,35,43)(H,39,40,41)/t32-/m0/s1. The molecule has 1 fully saturated rings. The highest BCUT2D eigenvalue weighted by Crippen LogP contribution is 2.34. The smallest absolute Gasteiger partial charge is 0.251 e. The molecule has 1 aliphatic rings. The molecule has 3 aromatic heterocycles. The van der Waals surface area contributed by atoms with Gasteiger partial charge in [0.25, 0.3) is 12.3 Å². The fourth-order valence-corrected chi connectivity index (χ4v) is 5.72. The van der Waals surface area contributed by atoms with E-state index in [0.29, 0.717) is 42.6 Å². The molecule has 1 aliphatic heterocycles. The molecule has 226 valence electrons. The number of fused-ring (bicyclic) bond motifs is 1. The van der Waals surface area contributed by atoms with Gasteiger partial charge < -0.3 is 10.6 Å². The Bertz CT molecular complexity index is 1540. The lowest BCUT2D eigenvalue weighted by Crippen LogP contribution is -2.37. The number of alkyl halides is 2. The number of anilines is 1. The van der Waals surface area contributed by atoms with Gasteiger partial charge in [0.15, 0.2) is 0 Å². The normalized spacial score (nSPS) is 15.9. The fraction of sp³-hybridized carbons (Fsp3) is 0.438. The van der Waals surface area contributed by atoms with E-state index in [2.05, 4.69) is 55.5 Å². The van der Waals surface area contributed by atoms with Crippen LogP contribution >= 0.6 is 0 Å². The van der Waals surface area contributed by atoms with Gasteiger partial charge in [0, 0.05) is 61.0 Å². The van der Waals surface area contributed by atoms with Crippen molar-refractivity contribution in [1.82, 2.24) is 35.1 Å². The van der Waals surface area contributed by atoms with E-state index >= 15 is 0 Å². The second-order valence-corrected chi connectivity index (χ2v) is 11.4. The number of amides is 1. The van der Waals surface area contributed by atoms with Crippen molar-refractivity contribution in [2.75, 3.05) is 38.5 Å². The number of hydrogen-bond donors (Lipinski definition) is 2. The molecule has 43 heavy (non-hydrogen) atoms. The average Bonchev–Trinajstić information content (AvgIpc) is 3.04. The average molecular weight is 589 g/mol. The summed E-state index contributed by atoms with van der Waals surface area (Å²) < 4.78 is 25.3. The quantitative estimate of drug-likeness (QED) is 0.248. The number of nitrogens with zero attached hydrogens (tertiary/aromatic N) is 6. The predicted octanol–water partition coefficient (Wildman–Crippen LogP) is 5.14. The molecule has 0 unspecified atom stereocenters. The molecule has 0 radical (unpaired) electrons. The summed E-state index contributed by atoms with van der Waals surface area (Å²) in [4.78, 5) is 37.0. The molecule has 1 aromatic carbocycles. The maximum absolute atomic E-state index is 12.7. The number of benzene rings is 1. The van der Waals surface area contributed by atoms with E-state index in [1.807, 2.05) is 23.1 Å². The summed E-state index contributed by atoms with van der Waals surface area (Å²) in [6.07, 6.45) is 7.81. The van der Waals surface area contributed by atoms with Gasteiger partial charge >= 0.3 is 0 Å². The molecule has 2 N–H and O–H groups in total. The van der Waals surface area contributed by atoms with Crippen molar-refractivity contribution in [1.29, 1.82) is 0 Å². The van der Waals surface area contributed by atoms with E-state index in [9.17, 15) is 13.6 Å². The predicted molar refractivity (Wildman–Crippen MR) is 163 cm³/mol. The minimum absolute atomic E-state index is 0.140. The largest absolute Gasteiger partial charge is 0.369 e. The molecule has 11 heteroatoms. The highest BCUT2D eigenvalue weighted by molar-refractivity contribution is 6.06. The Balaban J connectivity index is 1.26. The Kier molecular flexibility index (Phi) is 9.49. The first-order chi connectivity index (χ1) is 20.8. The van der Waals surface area contributed by atoms with Crippen LogP contribution in [0.1, 0.15) is 54.9 Å². The van der Waals surface area contributed by atoms with Crippen molar-refractivity contribution < 1.29 is 13.6 Å². The Morgan fingerprint density at radius 3 is 2.56 bits per heavy atom. The number of pyridine rings is 1. The molecule has 0 saturated carbocycles. The Labute approximate surface area is 250 Å². The van der Waals surface area contributed by atoms with Gasteiger partial charge in [-0.1, -0.05) is 32.0 Å². The molecule has 1 saturated heterocycles. The van der Waals surface area contributed by atoms with Crippen molar-refractivity contribution in [3.8, 4) is 11.3 Å². The number of rotatable bonds is 11. The second-order valence-electron chi connectivity index (χ2n) is 11.4. The number of hydrogen-bond acceptors (Lipinski definition) is 8. The van der Waals surface area contributed by atoms with Crippen LogP contribution in [0.3, 0.4) is 0 Å². The van der Waals surface area contributed by atoms with Crippen molar-refractivity contribution in [2.45, 2.75) is 51.4 Å². The van der Waals surface area contributed by atoms with Gasteiger partial charge in [0.05, 0.1) is 23.3 Å². The van der Waals surface area contributed by atoms with Gasteiger partial charge in [-0.3, -0.25) is 14.7 Å². The fourth-order valence-electron chi connectivity index (χ4n) is 5.72. The van der Waals surface area contributed by atoms with E-state index in [0.717, 1.165) is 53.5 Å². The van der Waals surface area contributed by atoms with Gasteiger partial charge in [0.2, 0.25) is 0 Å². The molecule has 1 atom stereocenters. The third kappa shape index (κ3) is 7.10. The second kappa shape index (κ2) is 13.5. The number of para-hydroxylation sites is 1. The van der Waals surface area contributed by atoms with Crippen LogP contribution in [-0.2, 0) is 11.8 Å². The van der Waals surface area contributed by atoms with Gasteiger partial charge in [-0.2, -0.15) is 0 Å². The third-order valence-electron chi connectivity index (χ3n) is 8.58. The number of carbonyl (C=O) groups excluding carboxylic acids is 1. The van der Waals surface area contributed by atoms with Crippen molar-refractivity contribution >= 4 is 22.6 Å². The van der Waals surface area contributed by atoms with E-state index < -0.39 is 6.43 Å². The van der Waals surface area contributed by atoms with E-state index in [1.54, 1.807) is 31.7 Å². The molecule has 5 rings (SSSR count). The zero-order valence-corrected chi connectivity index (χ0v) is 24.9. The van der Waals surface area contributed by atoms with Crippen molar-refractivity contribution in [2.24, 2.45) is 5.92 Å². The van der Waals surface area contributed by atoms with E-state index in [4.69, 9.17) is 0 Å². The van der Waals surface area contributed by atoms with Gasteiger partial charge in [-0.15, -0.1) is 0 Å². The highest BCUT2D eigenvalue weighted by atomic mass is 19.3. The van der Waals surface area contributed by atoms with Crippen LogP contribution in [0.2, 0.25) is 0 Å². The van der Waals surface area contributed by atoms with Crippen LogP contribution in [0, 0.1) is 5.92 Å². The molecule has 0 bridgehead atoms. The molecule has 9 nitrogen and oxygen atoms in total. The number of aromatic nitrogens is 5.